The van der Waals surface area contributed by atoms with E-state index in [4.69, 9.17) is 0 Å². The summed E-state index contributed by atoms with van der Waals surface area (Å²) in [7, 11) is 0. The van der Waals surface area contributed by atoms with Gasteiger partial charge >= 0.3 is 6.09 Å². The van der Waals surface area contributed by atoms with Gasteiger partial charge in [0.2, 0.25) is 5.91 Å². The van der Waals surface area contributed by atoms with E-state index in [1.165, 1.54) is 6.08 Å². The number of likely N-dealkylation sites (tertiary alicyclic amines) is 1. The van der Waals surface area contributed by atoms with Crippen molar-refractivity contribution in [2.75, 3.05) is 32.7 Å². The minimum Gasteiger partial charge on any atom is -0.465 e. The molecule has 2 aliphatic heterocycles. The van der Waals surface area contributed by atoms with Gasteiger partial charge < -0.3 is 14.9 Å². The van der Waals surface area contributed by atoms with Crippen molar-refractivity contribution in [1.82, 2.24) is 14.7 Å². The third-order valence-corrected chi connectivity index (χ3v) is 4.52. The molecule has 0 aromatic carbocycles. The largest absolute Gasteiger partial charge is 0.465 e. The fraction of sp³-hybridized carbons (Fsp3) is 0.733. The predicted octanol–water partition coefficient (Wildman–Crippen LogP) is 1.09. The summed E-state index contributed by atoms with van der Waals surface area (Å²) in [4.78, 5) is 28.5. The van der Waals surface area contributed by atoms with Crippen LogP contribution in [0.15, 0.2) is 12.7 Å². The summed E-state index contributed by atoms with van der Waals surface area (Å²) < 4.78 is 0. The molecule has 0 aromatic heterocycles. The highest BCUT2D eigenvalue weighted by atomic mass is 16.4. The molecule has 2 amide bonds. The second-order valence-corrected chi connectivity index (χ2v) is 6.95. The van der Waals surface area contributed by atoms with Crippen molar-refractivity contribution in [3.05, 3.63) is 12.7 Å². The van der Waals surface area contributed by atoms with Crippen LogP contribution in [0.5, 0.6) is 0 Å². The molecular weight excluding hydrogens is 270 g/mol. The number of piperazine rings is 1. The summed E-state index contributed by atoms with van der Waals surface area (Å²) in [5.41, 5.74) is -0.0998. The Morgan fingerprint density at radius 1 is 1.19 bits per heavy atom. The van der Waals surface area contributed by atoms with Gasteiger partial charge in [0, 0.05) is 38.8 Å². The zero-order valence-electron chi connectivity index (χ0n) is 13.1. The third kappa shape index (κ3) is 3.20. The lowest BCUT2D eigenvalue weighted by atomic mass is 9.83. The first kappa shape index (κ1) is 15.8. The molecule has 1 unspecified atom stereocenters. The summed E-state index contributed by atoms with van der Waals surface area (Å²) in [5, 5.41) is 9.36. The molecule has 6 heteroatoms. The van der Waals surface area contributed by atoms with Gasteiger partial charge in [0.05, 0.1) is 6.04 Å². The maximum Gasteiger partial charge on any atom is 0.407 e. The lowest BCUT2D eigenvalue weighted by Gasteiger charge is -2.52. The second kappa shape index (κ2) is 5.67. The van der Waals surface area contributed by atoms with E-state index in [1.807, 2.05) is 0 Å². The number of hydrogen-bond donors (Lipinski definition) is 1. The normalized spacial score (nSPS) is 24.6. The molecule has 0 aliphatic carbocycles. The van der Waals surface area contributed by atoms with Gasteiger partial charge in [-0.25, -0.2) is 4.79 Å². The minimum atomic E-state index is -0.841. The van der Waals surface area contributed by atoms with E-state index in [0.717, 1.165) is 26.2 Å². The zero-order chi connectivity index (χ0) is 15.8. The number of amides is 2. The molecular formula is C15H25N3O3. The van der Waals surface area contributed by atoms with Crippen molar-refractivity contribution >= 4 is 12.0 Å². The Kier molecular flexibility index (Phi) is 4.27. The van der Waals surface area contributed by atoms with E-state index < -0.39 is 6.09 Å². The van der Waals surface area contributed by atoms with E-state index in [1.54, 1.807) is 9.80 Å². The van der Waals surface area contributed by atoms with Gasteiger partial charge in [0.15, 0.2) is 0 Å². The van der Waals surface area contributed by atoms with Crippen LogP contribution >= 0.6 is 0 Å². The maximum absolute atomic E-state index is 11.5. The molecule has 2 rings (SSSR count). The Balaban J connectivity index is 1.98. The number of carbonyl (C=O) groups excluding carboxylic acids is 1. The van der Waals surface area contributed by atoms with Crippen LogP contribution in [0.3, 0.4) is 0 Å². The van der Waals surface area contributed by atoms with Crippen LogP contribution in [0, 0.1) is 5.41 Å². The standard InChI is InChI=1S/C15H25N3O3/c1-5-13(19)17-8-11(9-17)16-6-7-18(14(20)21)12(10-16)15(2,3)4/h5,11-12H,1,6-10H2,2-4H3,(H,20,21). The molecule has 118 valence electrons. The quantitative estimate of drug-likeness (QED) is 0.775. The average Bonchev–Trinajstić information content (AvgIpc) is 2.35. The number of rotatable bonds is 2. The van der Waals surface area contributed by atoms with Crippen LogP contribution in [0.1, 0.15) is 20.8 Å². The van der Waals surface area contributed by atoms with Crippen LogP contribution in [-0.4, -0.2) is 76.6 Å². The minimum absolute atomic E-state index is 0.0205. The first-order valence-electron chi connectivity index (χ1n) is 7.39. The summed E-state index contributed by atoms with van der Waals surface area (Å²) >= 11 is 0. The molecule has 1 atom stereocenters. The number of hydrogen-bond acceptors (Lipinski definition) is 3. The summed E-state index contributed by atoms with van der Waals surface area (Å²) in [6.07, 6.45) is 0.503. The smallest absolute Gasteiger partial charge is 0.407 e. The second-order valence-electron chi connectivity index (χ2n) is 6.95. The number of nitrogens with zero attached hydrogens (tertiary/aromatic N) is 3. The Bertz CT molecular complexity index is 438. The van der Waals surface area contributed by atoms with Crippen LogP contribution in [0.4, 0.5) is 4.79 Å². The van der Waals surface area contributed by atoms with Crippen molar-refractivity contribution in [2.24, 2.45) is 5.41 Å². The molecule has 0 saturated carbocycles. The zero-order valence-corrected chi connectivity index (χ0v) is 13.1. The molecule has 2 heterocycles. The first-order chi connectivity index (χ1) is 9.74. The highest BCUT2D eigenvalue weighted by Crippen LogP contribution is 2.30. The molecule has 0 aromatic rings. The van der Waals surface area contributed by atoms with Crippen molar-refractivity contribution in [1.29, 1.82) is 0 Å². The summed E-state index contributed by atoms with van der Waals surface area (Å²) in [6, 6.07) is 0.322. The number of carbonyl (C=O) groups is 2. The van der Waals surface area contributed by atoms with Crippen LogP contribution in [0.2, 0.25) is 0 Å². The molecule has 0 radical (unpaired) electrons. The van der Waals surface area contributed by atoms with Gasteiger partial charge in [-0.05, 0) is 11.5 Å². The fourth-order valence-corrected chi connectivity index (χ4v) is 3.10. The van der Waals surface area contributed by atoms with Gasteiger partial charge in [-0.3, -0.25) is 9.69 Å². The van der Waals surface area contributed by atoms with E-state index >= 15 is 0 Å². The average molecular weight is 295 g/mol. The van der Waals surface area contributed by atoms with Gasteiger partial charge in [-0.1, -0.05) is 27.4 Å². The Morgan fingerprint density at radius 3 is 2.29 bits per heavy atom. The predicted molar refractivity (Wildman–Crippen MR) is 80.1 cm³/mol. The lowest BCUT2D eigenvalue weighted by molar-refractivity contribution is -0.134. The lowest BCUT2D eigenvalue weighted by Crippen LogP contribution is -2.67. The molecule has 2 saturated heterocycles. The molecule has 1 N–H and O–H groups in total. The molecule has 2 fully saturated rings. The molecule has 6 nitrogen and oxygen atoms in total. The first-order valence-corrected chi connectivity index (χ1v) is 7.39. The van der Waals surface area contributed by atoms with Gasteiger partial charge in [-0.2, -0.15) is 0 Å². The van der Waals surface area contributed by atoms with Crippen LogP contribution < -0.4 is 0 Å². The Hall–Kier alpha value is -1.56. The highest BCUT2D eigenvalue weighted by molar-refractivity contribution is 5.87. The Labute approximate surface area is 126 Å². The van der Waals surface area contributed by atoms with Gasteiger partial charge in [-0.15, -0.1) is 0 Å². The monoisotopic (exact) mass is 295 g/mol. The van der Waals surface area contributed by atoms with Crippen molar-refractivity contribution in [2.45, 2.75) is 32.9 Å². The SMILES string of the molecule is C=CC(=O)N1CC(N2CCN(C(=O)O)C(C(C)(C)C)C2)C1. The fourth-order valence-electron chi connectivity index (χ4n) is 3.10. The molecule has 2 aliphatic rings. The summed E-state index contributed by atoms with van der Waals surface area (Å²) in [5.74, 6) is -0.0252. The van der Waals surface area contributed by atoms with Crippen molar-refractivity contribution in [3.8, 4) is 0 Å². The van der Waals surface area contributed by atoms with E-state index in [-0.39, 0.29) is 17.4 Å². The maximum atomic E-state index is 11.5. The summed E-state index contributed by atoms with van der Waals surface area (Å²) in [6.45, 7) is 13.2. The van der Waals surface area contributed by atoms with E-state index in [9.17, 15) is 14.7 Å². The molecule has 0 bridgehead atoms. The molecule has 21 heavy (non-hydrogen) atoms. The van der Waals surface area contributed by atoms with Crippen molar-refractivity contribution < 1.29 is 14.7 Å². The molecule has 0 spiro atoms. The van der Waals surface area contributed by atoms with Gasteiger partial charge in [0.1, 0.15) is 0 Å². The van der Waals surface area contributed by atoms with Crippen LogP contribution in [0.25, 0.3) is 0 Å². The van der Waals surface area contributed by atoms with Gasteiger partial charge in [0.25, 0.3) is 0 Å². The topological polar surface area (TPSA) is 64.1 Å². The third-order valence-electron chi connectivity index (χ3n) is 4.52. The van der Waals surface area contributed by atoms with E-state index in [0.29, 0.717) is 12.6 Å². The van der Waals surface area contributed by atoms with E-state index in [2.05, 4.69) is 32.3 Å². The number of carboxylic acid groups (broad SMARTS) is 1. The highest BCUT2D eigenvalue weighted by Gasteiger charge is 2.42. The van der Waals surface area contributed by atoms with Crippen LogP contribution in [-0.2, 0) is 4.79 Å². The Morgan fingerprint density at radius 2 is 1.81 bits per heavy atom. The van der Waals surface area contributed by atoms with Crippen molar-refractivity contribution in [3.63, 3.8) is 0 Å².